The van der Waals surface area contributed by atoms with Gasteiger partial charge in [0.2, 0.25) is 0 Å². The molecule has 4 heteroatoms. The van der Waals surface area contributed by atoms with E-state index in [1.54, 1.807) is 0 Å². The molecule has 0 heterocycles. The molecule has 0 aliphatic heterocycles. The summed E-state index contributed by atoms with van der Waals surface area (Å²) in [5.41, 5.74) is 0.979. The molecular formula is C21H30O4. The van der Waals surface area contributed by atoms with E-state index in [4.69, 9.17) is 0 Å². The number of aliphatic hydroxyl groups is 2. The third kappa shape index (κ3) is 2.33. The van der Waals surface area contributed by atoms with Crippen molar-refractivity contribution in [1.29, 1.82) is 0 Å². The lowest BCUT2D eigenvalue weighted by Crippen LogP contribution is -2.57. The van der Waals surface area contributed by atoms with Gasteiger partial charge in [0.1, 0.15) is 6.61 Å². The van der Waals surface area contributed by atoms with Crippen LogP contribution in [0.25, 0.3) is 0 Å². The Morgan fingerprint density at radius 1 is 1.24 bits per heavy atom. The maximum atomic E-state index is 12.3. The molecule has 3 saturated carbocycles. The van der Waals surface area contributed by atoms with Crippen molar-refractivity contribution >= 4 is 11.6 Å². The average molecular weight is 346 g/mol. The number of hydrogen-bond acceptors (Lipinski definition) is 4. The molecule has 4 aliphatic rings. The number of allylic oxidation sites excluding steroid dienone is 1. The van der Waals surface area contributed by atoms with Crippen molar-refractivity contribution in [2.75, 3.05) is 6.61 Å². The zero-order valence-electron chi connectivity index (χ0n) is 15.3. The standard InChI is InChI=1S/C21H30O4/c1-20-8-7-13(23)9-12(20)3-4-14-15-5-6-16(18(25)11-22)21(15,2)10-17(24)19(14)20/h9,14-17,19,22,24H,3-8,10-11H2,1-2H3/t14-,15-,16?,17-,19+,20-,21-/m0/s1. The number of ketones is 2. The van der Waals surface area contributed by atoms with E-state index in [1.165, 1.54) is 5.57 Å². The van der Waals surface area contributed by atoms with Gasteiger partial charge in [-0.25, -0.2) is 0 Å². The van der Waals surface area contributed by atoms with E-state index < -0.39 is 6.10 Å². The van der Waals surface area contributed by atoms with Gasteiger partial charge < -0.3 is 10.2 Å². The second-order valence-corrected chi connectivity index (χ2v) is 9.42. The summed E-state index contributed by atoms with van der Waals surface area (Å²) in [5, 5.41) is 20.5. The van der Waals surface area contributed by atoms with Crippen LogP contribution in [0.5, 0.6) is 0 Å². The number of Topliss-reactive ketones (excluding diaryl/α,β-unsaturated/α-hetero) is 1. The molecule has 3 fully saturated rings. The highest BCUT2D eigenvalue weighted by Crippen LogP contribution is 2.66. The summed E-state index contributed by atoms with van der Waals surface area (Å²) in [6.45, 7) is 4.03. The first-order chi connectivity index (χ1) is 11.8. The summed E-state index contributed by atoms with van der Waals surface area (Å²) in [6.07, 6.45) is 7.32. The summed E-state index contributed by atoms with van der Waals surface area (Å²) in [6, 6.07) is 0. The topological polar surface area (TPSA) is 74.6 Å². The van der Waals surface area contributed by atoms with Crippen LogP contribution in [0, 0.1) is 34.5 Å². The molecule has 2 N–H and O–H groups in total. The third-order valence-corrected chi connectivity index (χ3v) is 8.44. The van der Waals surface area contributed by atoms with Crippen molar-refractivity contribution in [2.45, 2.75) is 64.9 Å². The molecule has 138 valence electrons. The highest BCUT2D eigenvalue weighted by molar-refractivity contribution is 5.91. The lowest BCUT2D eigenvalue weighted by Gasteiger charge is -2.59. The normalized spacial score (nSPS) is 49.0. The first kappa shape index (κ1) is 17.4. The SMILES string of the molecule is C[C@]12CCC(=O)C=C1CC[C@@H]1[C@@H]2[C@@H](O)C[C@]2(C)C(C(=O)CO)CC[C@@H]12. The average Bonchev–Trinajstić information content (AvgIpc) is 2.91. The van der Waals surface area contributed by atoms with E-state index >= 15 is 0 Å². The van der Waals surface area contributed by atoms with Gasteiger partial charge in [0.25, 0.3) is 0 Å². The van der Waals surface area contributed by atoms with Crippen LogP contribution >= 0.6 is 0 Å². The summed E-state index contributed by atoms with van der Waals surface area (Å²) in [4.78, 5) is 24.2. The van der Waals surface area contributed by atoms with Crippen LogP contribution in [0.1, 0.15) is 58.8 Å². The van der Waals surface area contributed by atoms with Gasteiger partial charge in [-0.3, -0.25) is 9.59 Å². The van der Waals surface area contributed by atoms with Gasteiger partial charge >= 0.3 is 0 Å². The predicted octanol–water partition coefficient (Wildman–Crippen LogP) is 2.67. The minimum Gasteiger partial charge on any atom is -0.393 e. The summed E-state index contributed by atoms with van der Waals surface area (Å²) < 4.78 is 0. The van der Waals surface area contributed by atoms with Gasteiger partial charge in [0.15, 0.2) is 11.6 Å². The van der Waals surface area contributed by atoms with Crippen LogP contribution in [-0.4, -0.2) is 34.5 Å². The Bertz CT molecular complexity index is 638. The Morgan fingerprint density at radius 3 is 2.72 bits per heavy atom. The Kier molecular flexibility index (Phi) is 4.01. The van der Waals surface area contributed by atoms with Gasteiger partial charge in [0.05, 0.1) is 6.10 Å². The third-order valence-electron chi connectivity index (χ3n) is 8.44. The van der Waals surface area contributed by atoms with Crippen LogP contribution in [0.4, 0.5) is 0 Å². The molecule has 0 saturated heterocycles. The van der Waals surface area contributed by atoms with Crippen LogP contribution in [0.15, 0.2) is 11.6 Å². The molecule has 4 nitrogen and oxygen atoms in total. The lowest BCUT2D eigenvalue weighted by atomic mass is 9.46. The molecular weight excluding hydrogens is 316 g/mol. The highest BCUT2D eigenvalue weighted by Gasteiger charge is 2.62. The molecule has 4 aliphatic carbocycles. The Labute approximate surface area is 149 Å². The largest absolute Gasteiger partial charge is 0.393 e. The predicted molar refractivity (Wildman–Crippen MR) is 93.7 cm³/mol. The van der Waals surface area contributed by atoms with E-state index in [1.807, 2.05) is 6.08 Å². The lowest BCUT2D eigenvalue weighted by molar-refractivity contribution is -0.146. The summed E-state index contributed by atoms with van der Waals surface area (Å²) in [7, 11) is 0. The molecule has 25 heavy (non-hydrogen) atoms. The van der Waals surface area contributed by atoms with Gasteiger partial charge in [-0.05, 0) is 73.2 Å². The minimum atomic E-state index is -0.430. The first-order valence-corrected chi connectivity index (χ1v) is 9.87. The number of hydrogen-bond donors (Lipinski definition) is 2. The smallest absolute Gasteiger partial charge is 0.161 e. The molecule has 0 aromatic heterocycles. The van der Waals surface area contributed by atoms with Gasteiger partial charge in [0, 0.05) is 12.3 Å². The first-order valence-electron chi connectivity index (χ1n) is 9.87. The fourth-order valence-corrected chi connectivity index (χ4v) is 7.33. The number of rotatable bonds is 2. The second-order valence-electron chi connectivity index (χ2n) is 9.42. The van der Waals surface area contributed by atoms with E-state index in [0.717, 1.165) is 32.1 Å². The maximum Gasteiger partial charge on any atom is 0.161 e. The number of aliphatic hydroxyl groups excluding tert-OH is 2. The van der Waals surface area contributed by atoms with Gasteiger partial charge in [-0.2, -0.15) is 0 Å². The quantitative estimate of drug-likeness (QED) is 0.806. The number of carbonyl (C=O) groups is 2. The molecule has 0 bridgehead atoms. The maximum absolute atomic E-state index is 12.3. The minimum absolute atomic E-state index is 0.0541. The molecule has 7 atom stereocenters. The van der Waals surface area contributed by atoms with Gasteiger partial charge in [-0.15, -0.1) is 0 Å². The van der Waals surface area contributed by atoms with Crippen molar-refractivity contribution in [3.05, 3.63) is 11.6 Å². The fraction of sp³-hybridized carbons (Fsp3) is 0.810. The van der Waals surface area contributed by atoms with E-state index in [2.05, 4.69) is 13.8 Å². The molecule has 0 aromatic rings. The van der Waals surface area contributed by atoms with Crippen LogP contribution < -0.4 is 0 Å². The molecule has 0 aromatic carbocycles. The van der Waals surface area contributed by atoms with E-state index in [9.17, 15) is 19.8 Å². The van der Waals surface area contributed by atoms with E-state index in [0.29, 0.717) is 24.7 Å². The van der Waals surface area contributed by atoms with Crippen molar-refractivity contribution in [3.8, 4) is 0 Å². The van der Waals surface area contributed by atoms with E-state index in [-0.39, 0.29) is 40.8 Å². The molecule has 1 unspecified atom stereocenters. The van der Waals surface area contributed by atoms with Crippen molar-refractivity contribution < 1.29 is 19.8 Å². The van der Waals surface area contributed by atoms with Crippen molar-refractivity contribution in [2.24, 2.45) is 34.5 Å². The highest BCUT2D eigenvalue weighted by atomic mass is 16.3. The number of fused-ring (bicyclic) bond motifs is 5. The Morgan fingerprint density at radius 2 is 2.00 bits per heavy atom. The van der Waals surface area contributed by atoms with Crippen molar-refractivity contribution in [1.82, 2.24) is 0 Å². The summed E-state index contributed by atoms with van der Waals surface area (Å²) >= 11 is 0. The summed E-state index contributed by atoms with van der Waals surface area (Å²) in [5.74, 6) is 1.12. The fourth-order valence-electron chi connectivity index (χ4n) is 7.33. The Balaban J connectivity index is 1.70. The molecule has 0 radical (unpaired) electrons. The van der Waals surface area contributed by atoms with Crippen LogP contribution in [-0.2, 0) is 9.59 Å². The van der Waals surface area contributed by atoms with Crippen molar-refractivity contribution in [3.63, 3.8) is 0 Å². The zero-order chi connectivity index (χ0) is 18.0. The van der Waals surface area contributed by atoms with Crippen LogP contribution in [0.2, 0.25) is 0 Å². The number of carbonyl (C=O) groups excluding carboxylic acids is 2. The van der Waals surface area contributed by atoms with Crippen LogP contribution in [0.3, 0.4) is 0 Å². The Hall–Kier alpha value is -1.00. The van der Waals surface area contributed by atoms with Gasteiger partial charge in [-0.1, -0.05) is 19.4 Å². The monoisotopic (exact) mass is 346 g/mol. The molecule has 4 rings (SSSR count). The zero-order valence-corrected chi connectivity index (χ0v) is 15.3. The molecule has 0 amide bonds. The second kappa shape index (κ2) is 5.75. The molecule has 0 spiro atoms.